The Hall–Kier alpha value is -4.99. The van der Waals surface area contributed by atoms with Crippen LogP contribution in [0.5, 0.6) is 0 Å². The number of pyridine rings is 3. The molecule has 4 rings (SSSR count). The highest BCUT2D eigenvalue weighted by Gasteiger charge is 2.32. The van der Waals surface area contributed by atoms with Crippen molar-refractivity contribution in [2.45, 2.75) is 18.9 Å². The van der Waals surface area contributed by atoms with Crippen LogP contribution in [-0.4, -0.2) is 47.1 Å². The van der Waals surface area contributed by atoms with E-state index in [4.69, 9.17) is 0 Å². The number of carbonyl (C=O) groups is 1. The van der Waals surface area contributed by atoms with E-state index >= 15 is 0 Å². The van der Waals surface area contributed by atoms with Crippen molar-refractivity contribution in [3.8, 4) is 11.8 Å². The molecule has 0 saturated carbocycles. The van der Waals surface area contributed by atoms with Gasteiger partial charge in [-0.25, -0.2) is 9.67 Å². The molecule has 36 heavy (non-hydrogen) atoms. The van der Waals surface area contributed by atoms with E-state index in [9.17, 15) is 24.0 Å². The van der Waals surface area contributed by atoms with Gasteiger partial charge in [0, 0.05) is 12.4 Å². The Morgan fingerprint density at radius 2 is 2.00 bits per heavy atom. The first-order chi connectivity index (χ1) is 17.4. The maximum Gasteiger partial charge on any atom is 0.308 e. The van der Waals surface area contributed by atoms with E-state index in [1.165, 1.54) is 53.9 Å². The minimum absolute atomic E-state index is 0.00998. The molecule has 4 aromatic rings. The summed E-state index contributed by atoms with van der Waals surface area (Å²) >= 11 is 0. The van der Waals surface area contributed by atoms with Crippen LogP contribution in [0.4, 0.5) is 8.78 Å². The second-order valence-electron chi connectivity index (χ2n) is 7.47. The lowest BCUT2D eigenvalue weighted by Gasteiger charge is -2.14. The van der Waals surface area contributed by atoms with Gasteiger partial charge < -0.3 is 10.5 Å². The number of hydrogen-bond donors (Lipinski definition) is 2. The van der Waals surface area contributed by atoms with E-state index in [0.29, 0.717) is 16.1 Å². The van der Waals surface area contributed by atoms with Gasteiger partial charge in [0.25, 0.3) is 0 Å². The summed E-state index contributed by atoms with van der Waals surface area (Å²) in [5.74, 6) is -3.93. The minimum atomic E-state index is -3.38. The quantitative estimate of drug-likeness (QED) is 0.355. The molecular weight excluding hydrogens is 472 g/mol. The molecule has 4 heterocycles. The van der Waals surface area contributed by atoms with Crippen LogP contribution >= 0.6 is 0 Å². The van der Waals surface area contributed by atoms with Crippen LogP contribution in [0.25, 0.3) is 5.69 Å². The molecule has 4 aromatic heterocycles. The Morgan fingerprint density at radius 3 is 2.72 bits per heavy atom. The Labute approximate surface area is 203 Å². The second kappa shape index (κ2) is 10.5. The zero-order chi connectivity index (χ0) is 25.5. The fourth-order valence-corrected chi connectivity index (χ4v) is 3.31. The number of halogens is 2. The number of nitrogens with one attached hydrogen (secondary N) is 1. The van der Waals surface area contributed by atoms with Gasteiger partial charge in [-0.15, -0.1) is 0 Å². The third-order valence-electron chi connectivity index (χ3n) is 5.10. The molecule has 0 unspecified atom stereocenters. The van der Waals surface area contributed by atoms with Gasteiger partial charge in [-0.2, -0.15) is 23.9 Å². The van der Waals surface area contributed by atoms with Crippen LogP contribution in [0.2, 0.25) is 0 Å². The first kappa shape index (κ1) is 24.1. The monoisotopic (exact) mass is 491 g/mol. The van der Waals surface area contributed by atoms with Crippen LogP contribution < -0.4 is 10.8 Å². The molecule has 0 aliphatic carbocycles. The van der Waals surface area contributed by atoms with Crippen LogP contribution in [0.3, 0.4) is 0 Å². The third-order valence-corrected chi connectivity index (χ3v) is 5.10. The van der Waals surface area contributed by atoms with Gasteiger partial charge >= 0.3 is 5.92 Å². The normalized spacial score (nSPS) is 11.8. The number of rotatable bonds is 8. The van der Waals surface area contributed by atoms with Crippen LogP contribution in [0.1, 0.15) is 22.6 Å². The zero-order valence-electron chi connectivity index (χ0n) is 18.7. The Bertz CT molecular complexity index is 1460. The summed E-state index contributed by atoms with van der Waals surface area (Å²) in [5.41, 5.74) is 0.296. The summed E-state index contributed by atoms with van der Waals surface area (Å²) in [6.45, 7) is -0.963. The Kier molecular flexibility index (Phi) is 7.05. The molecule has 0 radical (unpaired) electrons. The molecule has 0 aliphatic rings. The summed E-state index contributed by atoms with van der Waals surface area (Å²) in [4.78, 5) is 28.2. The molecule has 2 N–H and O–H groups in total. The van der Waals surface area contributed by atoms with Crippen molar-refractivity contribution in [1.82, 2.24) is 34.8 Å². The lowest BCUT2D eigenvalue weighted by molar-refractivity contribution is -0.120. The van der Waals surface area contributed by atoms with Gasteiger partial charge in [0.15, 0.2) is 5.49 Å². The van der Waals surface area contributed by atoms with Crippen molar-refractivity contribution >= 4 is 5.91 Å². The zero-order valence-corrected chi connectivity index (χ0v) is 18.7. The van der Waals surface area contributed by atoms with Gasteiger partial charge in [-0.3, -0.25) is 19.8 Å². The van der Waals surface area contributed by atoms with Crippen molar-refractivity contribution < 1.29 is 18.8 Å². The number of nitrogens with zero attached hydrogens (tertiary/aromatic N) is 8. The van der Waals surface area contributed by atoms with Crippen molar-refractivity contribution in [3.05, 3.63) is 95.6 Å². The summed E-state index contributed by atoms with van der Waals surface area (Å²) in [5, 5.41) is 26.7. The van der Waals surface area contributed by atoms with Crippen molar-refractivity contribution in [2.75, 3.05) is 6.54 Å². The molecule has 0 atom stereocenters. The van der Waals surface area contributed by atoms with Crippen molar-refractivity contribution in [2.24, 2.45) is 4.99 Å². The number of amides is 1. The maximum atomic E-state index is 14.4. The van der Waals surface area contributed by atoms with Gasteiger partial charge in [0.05, 0.1) is 35.6 Å². The number of carbonyl (C=O) groups excluding carboxylic acids is 1. The summed E-state index contributed by atoms with van der Waals surface area (Å²) in [6, 6.07) is 12.0. The SMILES string of the molecule is N#Cc1ccc(=NCC(F)(F)c2ccccn2)n(O)c1CC(=O)NCc1ncccc1-n1cncn1. The molecule has 0 aromatic carbocycles. The fourth-order valence-electron chi connectivity index (χ4n) is 3.31. The predicted molar refractivity (Wildman–Crippen MR) is 120 cm³/mol. The van der Waals surface area contributed by atoms with Crippen LogP contribution in [-0.2, 0) is 23.7 Å². The molecule has 0 bridgehead atoms. The molecule has 0 spiro atoms. The number of nitriles is 1. The summed E-state index contributed by atoms with van der Waals surface area (Å²) in [7, 11) is 0. The third kappa shape index (κ3) is 5.39. The van der Waals surface area contributed by atoms with E-state index in [1.54, 1.807) is 18.3 Å². The predicted octanol–water partition coefficient (Wildman–Crippen LogP) is 1.52. The second-order valence-corrected chi connectivity index (χ2v) is 7.47. The smallest absolute Gasteiger partial charge is 0.308 e. The topological polar surface area (TPSA) is 147 Å². The first-order valence-corrected chi connectivity index (χ1v) is 10.6. The van der Waals surface area contributed by atoms with Crippen LogP contribution in [0, 0.1) is 11.3 Å². The highest BCUT2D eigenvalue weighted by Crippen LogP contribution is 2.25. The molecule has 0 aliphatic heterocycles. The van der Waals surface area contributed by atoms with E-state index in [1.807, 2.05) is 6.07 Å². The van der Waals surface area contributed by atoms with Gasteiger partial charge in [0.1, 0.15) is 31.0 Å². The maximum absolute atomic E-state index is 14.4. The van der Waals surface area contributed by atoms with Crippen molar-refractivity contribution in [3.63, 3.8) is 0 Å². The molecule has 11 nitrogen and oxygen atoms in total. The van der Waals surface area contributed by atoms with E-state index < -0.39 is 30.5 Å². The van der Waals surface area contributed by atoms with E-state index in [2.05, 4.69) is 30.4 Å². The molecule has 0 saturated heterocycles. The number of alkyl halides is 2. The standard InChI is InChI=1S/C23H19F2N9O2/c24-23(25,20-5-1-2-8-29-20)13-31-21-7-6-16(11-26)19(34(21)36)10-22(35)30-12-17-18(4-3-9-28-17)33-15-27-14-32-33/h1-9,14-15,36H,10,12-13H2,(H,30,35). The number of hydrogen-bond acceptors (Lipinski definition) is 8. The van der Waals surface area contributed by atoms with Gasteiger partial charge in [-0.05, 0) is 36.4 Å². The molecule has 1 amide bonds. The molecule has 13 heteroatoms. The summed E-state index contributed by atoms with van der Waals surface area (Å²) in [6.07, 6.45) is 5.24. The van der Waals surface area contributed by atoms with Gasteiger partial charge in [0.2, 0.25) is 5.91 Å². The lowest BCUT2D eigenvalue weighted by atomic mass is 10.1. The highest BCUT2D eigenvalue weighted by atomic mass is 19.3. The highest BCUT2D eigenvalue weighted by molar-refractivity contribution is 5.78. The fraction of sp³-hybridized carbons (Fsp3) is 0.174. The van der Waals surface area contributed by atoms with E-state index in [0.717, 1.165) is 0 Å². The van der Waals surface area contributed by atoms with E-state index in [-0.39, 0.29) is 23.3 Å². The summed E-state index contributed by atoms with van der Waals surface area (Å²) < 4.78 is 30.9. The largest absolute Gasteiger partial charge is 0.427 e. The van der Waals surface area contributed by atoms with Crippen molar-refractivity contribution in [1.29, 1.82) is 5.26 Å². The minimum Gasteiger partial charge on any atom is -0.427 e. The lowest BCUT2D eigenvalue weighted by Crippen LogP contribution is -2.31. The molecular formula is C23H19F2N9O2. The van der Waals surface area contributed by atoms with Gasteiger partial charge in [-0.1, -0.05) is 6.07 Å². The number of aromatic nitrogens is 6. The first-order valence-electron chi connectivity index (χ1n) is 10.6. The Morgan fingerprint density at radius 1 is 1.17 bits per heavy atom. The molecule has 0 fully saturated rings. The average Bonchev–Trinajstić information content (AvgIpc) is 3.43. The molecule has 182 valence electrons. The van der Waals surface area contributed by atoms with Crippen LogP contribution in [0.15, 0.2) is 72.5 Å². The Balaban J connectivity index is 1.52. The average molecular weight is 491 g/mol.